The smallest absolute Gasteiger partial charge is 0.408 e. The first-order valence-electron chi connectivity index (χ1n) is 9.30. The summed E-state index contributed by atoms with van der Waals surface area (Å²) in [5.41, 5.74) is 0.0811. The third-order valence-corrected chi connectivity index (χ3v) is 4.48. The zero-order valence-corrected chi connectivity index (χ0v) is 17.8. The summed E-state index contributed by atoms with van der Waals surface area (Å²) in [5, 5.41) is 3.20. The maximum Gasteiger partial charge on any atom is 0.408 e. The van der Waals surface area contributed by atoms with Crippen LogP contribution in [0.2, 0.25) is 5.02 Å². The molecule has 0 bridgehead atoms. The topological polar surface area (TPSA) is 94.2 Å². The third kappa shape index (κ3) is 6.90. The first-order valence-corrected chi connectivity index (χ1v) is 9.68. The van der Waals surface area contributed by atoms with E-state index in [1.807, 2.05) is 0 Å². The minimum absolute atomic E-state index is 0.0402. The third-order valence-electron chi connectivity index (χ3n) is 4.23. The number of amides is 2. The number of rotatable bonds is 5. The number of hydrogen-bond donors (Lipinski definition) is 1. The van der Waals surface area contributed by atoms with Gasteiger partial charge in [-0.3, -0.25) is 4.79 Å². The second-order valence-corrected chi connectivity index (χ2v) is 8.11. The Morgan fingerprint density at radius 3 is 2.52 bits per heavy atom. The highest BCUT2D eigenvalue weighted by atomic mass is 35.5. The molecule has 2 atom stereocenters. The van der Waals surface area contributed by atoms with Crippen LogP contribution in [0.5, 0.6) is 0 Å². The van der Waals surface area contributed by atoms with Crippen LogP contribution in [0.25, 0.3) is 0 Å². The van der Waals surface area contributed by atoms with E-state index in [1.165, 1.54) is 12.0 Å². The Hall–Kier alpha value is -2.32. The van der Waals surface area contributed by atoms with Crippen molar-refractivity contribution in [2.24, 2.45) is 0 Å². The van der Waals surface area contributed by atoms with Gasteiger partial charge in [-0.05, 0) is 38.5 Å². The lowest BCUT2D eigenvalue weighted by Gasteiger charge is -2.36. The maximum absolute atomic E-state index is 13.3. The van der Waals surface area contributed by atoms with Gasteiger partial charge in [-0.2, -0.15) is 0 Å². The van der Waals surface area contributed by atoms with E-state index in [2.05, 4.69) is 5.32 Å². The molecule has 0 radical (unpaired) electrons. The molecule has 1 aliphatic rings. The summed E-state index contributed by atoms with van der Waals surface area (Å²) in [6.45, 7) is 5.75. The first kappa shape index (κ1) is 23.0. The number of alkyl carbamates (subject to hydrolysis) is 1. The average Bonchev–Trinajstić information content (AvgIpc) is 2.66. The molecule has 9 heteroatoms. The van der Waals surface area contributed by atoms with Crippen molar-refractivity contribution in [3.05, 3.63) is 34.9 Å². The number of carbonyl (C=O) groups excluding carboxylic acids is 3. The highest BCUT2D eigenvalue weighted by Crippen LogP contribution is 2.16. The average molecular weight is 427 g/mol. The van der Waals surface area contributed by atoms with Gasteiger partial charge < -0.3 is 24.4 Å². The predicted octanol–water partition coefficient (Wildman–Crippen LogP) is 2.18. The number of hydrogen-bond acceptors (Lipinski definition) is 6. The van der Waals surface area contributed by atoms with Gasteiger partial charge in [0, 0.05) is 18.0 Å². The van der Waals surface area contributed by atoms with Crippen molar-refractivity contribution in [2.75, 3.05) is 26.9 Å². The number of benzene rings is 1. The Morgan fingerprint density at radius 1 is 1.28 bits per heavy atom. The number of ether oxygens (including phenoxy) is 3. The quantitative estimate of drug-likeness (QED) is 0.725. The van der Waals surface area contributed by atoms with Crippen LogP contribution in [0, 0.1) is 0 Å². The number of esters is 1. The molecule has 2 amide bonds. The van der Waals surface area contributed by atoms with Crippen LogP contribution in [0.4, 0.5) is 4.79 Å². The van der Waals surface area contributed by atoms with E-state index in [1.54, 1.807) is 45.0 Å². The molecule has 29 heavy (non-hydrogen) atoms. The molecule has 1 unspecified atom stereocenters. The second kappa shape index (κ2) is 9.93. The summed E-state index contributed by atoms with van der Waals surface area (Å²) in [7, 11) is 1.25. The van der Waals surface area contributed by atoms with Gasteiger partial charge in [-0.1, -0.05) is 23.7 Å². The SMILES string of the molecule is COC(=O)[C@@H]1COCCN1C(=O)C(Cc1ccc(Cl)cc1)NC(=O)OC(C)(C)C. The molecule has 1 fully saturated rings. The van der Waals surface area contributed by atoms with Gasteiger partial charge in [0.25, 0.3) is 0 Å². The van der Waals surface area contributed by atoms with Crippen LogP contribution in [0.1, 0.15) is 26.3 Å². The van der Waals surface area contributed by atoms with Crippen molar-refractivity contribution in [1.82, 2.24) is 10.2 Å². The standard InChI is InChI=1S/C20H27ClN2O6/c1-20(2,3)29-19(26)22-15(11-13-5-7-14(21)8-6-13)17(24)23-9-10-28-12-16(23)18(25)27-4/h5-8,15-16H,9-12H2,1-4H3,(H,22,26)/t15?,16-/m0/s1. The zero-order valence-electron chi connectivity index (χ0n) is 17.1. The summed E-state index contributed by atoms with van der Waals surface area (Å²) in [4.78, 5) is 39.1. The Bertz CT molecular complexity index is 731. The largest absolute Gasteiger partial charge is 0.467 e. The zero-order chi connectivity index (χ0) is 21.6. The Kier molecular flexibility index (Phi) is 7.87. The number of morpholine rings is 1. The monoisotopic (exact) mass is 426 g/mol. The number of carbonyl (C=O) groups is 3. The van der Waals surface area contributed by atoms with E-state index >= 15 is 0 Å². The van der Waals surface area contributed by atoms with Gasteiger partial charge in [-0.25, -0.2) is 9.59 Å². The molecule has 0 aromatic heterocycles. The highest BCUT2D eigenvalue weighted by molar-refractivity contribution is 6.30. The summed E-state index contributed by atoms with van der Waals surface area (Å²) in [6.07, 6.45) is -0.506. The van der Waals surface area contributed by atoms with Crippen LogP contribution in [0.3, 0.4) is 0 Å². The van der Waals surface area contributed by atoms with E-state index in [0.717, 1.165) is 5.56 Å². The number of methoxy groups -OCH3 is 1. The molecular weight excluding hydrogens is 400 g/mol. The fraction of sp³-hybridized carbons (Fsp3) is 0.550. The molecule has 1 aromatic rings. The molecule has 160 valence electrons. The van der Waals surface area contributed by atoms with Crippen molar-refractivity contribution < 1.29 is 28.6 Å². The Morgan fingerprint density at radius 2 is 1.93 bits per heavy atom. The van der Waals surface area contributed by atoms with Crippen LogP contribution in [-0.4, -0.2) is 67.4 Å². The van der Waals surface area contributed by atoms with Crippen molar-refractivity contribution in [3.63, 3.8) is 0 Å². The molecule has 0 aliphatic carbocycles. The number of halogens is 1. The van der Waals surface area contributed by atoms with Gasteiger partial charge in [0.05, 0.1) is 20.3 Å². The molecule has 1 aliphatic heterocycles. The number of nitrogens with zero attached hydrogens (tertiary/aromatic N) is 1. The Balaban J connectivity index is 2.23. The lowest BCUT2D eigenvalue weighted by atomic mass is 10.0. The molecule has 2 rings (SSSR count). The Labute approximate surface area is 175 Å². The molecule has 1 N–H and O–H groups in total. The maximum atomic E-state index is 13.3. The highest BCUT2D eigenvalue weighted by Gasteiger charge is 2.37. The normalized spacial score (nSPS) is 18.0. The van der Waals surface area contributed by atoms with Crippen LogP contribution < -0.4 is 5.32 Å². The second-order valence-electron chi connectivity index (χ2n) is 7.67. The summed E-state index contributed by atoms with van der Waals surface area (Å²) >= 11 is 5.93. The molecule has 0 spiro atoms. The molecule has 1 heterocycles. The summed E-state index contributed by atoms with van der Waals surface area (Å²) in [6, 6.07) is 5.16. The van der Waals surface area contributed by atoms with Crippen molar-refractivity contribution in [2.45, 2.75) is 44.9 Å². The van der Waals surface area contributed by atoms with E-state index in [9.17, 15) is 14.4 Å². The lowest BCUT2D eigenvalue weighted by molar-refractivity contribution is -0.161. The fourth-order valence-corrected chi connectivity index (χ4v) is 3.03. The summed E-state index contributed by atoms with van der Waals surface area (Å²) in [5.74, 6) is -0.981. The number of nitrogens with one attached hydrogen (secondary N) is 1. The predicted molar refractivity (Wildman–Crippen MR) is 107 cm³/mol. The first-order chi connectivity index (χ1) is 13.6. The lowest BCUT2D eigenvalue weighted by Crippen LogP contribution is -2.59. The van der Waals surface area contributed by atoms with Crippen molar-refractivity contribution in [1.29, 1.82) is 0 Å². The van der Waals surface area contributed by atoms with Crippen LogP contribution in [-0.2, 0) is 30.2 Å². The van der Waals surface area contributed by atoms with Gasteiger partial charge in [-0.15, -0.1) is 0 Å². The molecule has 0 saturated carbocycles. The summed E-state index contributed by atoms with van der Waals surface area (Å²) < 4.78 is 15.4. The fourth-order valence-electron chi connectivity index (χ4n) is 2.91. The minimum atomic E-state index is -0.934. The van der Waals surface area contributed by atoms with E-state index in [-0.39, 0.29) is 19.6 Å². The molecule has 1 saturated heterocycles. The minimum Gasteiger partial charge on any atom is -0.467 e. The van der Waals surface area contributed by atoms with Crippen LogP contribution in [0.15, 0.2) is 24.3 Å². The van der Waals surface area contributed by atoms with Crippen LogP contribution >= 0.6 is 11.6 Å². The van der Waals surface area contributed by atoms with Crippen molar-refractivity contribution >= 4 is 29.6 Å². The van der Waals surface area contributed by atoms with E-state index in [0.29, 0.717) is 11.6 Å². The molecular formula is C20H27ClN2O6. The van der Waals surface area contributed by atoms with E-state index < -0.39 is 35.7 Å². The van der Waals surface area contributed by atoms with Gasteiger partial charge in [0.15, 0.2) is 6.04 Å². The van der Waals surface area contributed by atoms with Gasteiger partial charge >= 0.3 is 12.1 Å². The molecule has 1 aromatic carbocycles. The molecule has 8 nitrogen and oxygen atoms in total. The van der Waals surface area contributed by atoms with E-state index in [4.69, 9.17) is 25.8 Å². The van der Waals surface area contributed by atoms with Crippen molar-refractivity contribution in [3.8, 4) is 0 Å². The van der Waals surface area contributed by atoms with Gasteiger partial charge in [0.1, 0.15) is 11.6 Å². The van der Waals surface area contributed by atoms with Gasteiger partial charge in [0.2, 0.25) is 5.91 Å².